The van der Waals surface area contributed by atoms with Gasteiger partial charge in [-0.2, -0.15) is 0 Å². The Hall–Kier alpha value is -5.98. The van der Waals surface area contributed by atoms with Crippen molar-refractivity contribution in [3.05, 3.63) is 180 Å². The molecule has 0 saturated heterocycles. The lowest BCUT2D eigenvalue weighted by Gasteiger charge is -2.28. The topological polar surface area (TPSA) is 0 Å². The fraction of sp³-hybridized carbons (Fsp3) is 0.115. The van der Waals surface area contributed by atoms with Gasteiger partial charge in [0.15, 0.2) is 0 Å². The maximum atomic E-state index is 2.58. The van der Waals surface area contributed by atoms with Gasteiger partial charge in [-0.3, -0.25) is 0 Å². The Bertz CT molecular complexity index is 2920. The highest BCUT2D eigenvalue weighted by molar-refractivity contribution is 6.28. The minimum atomic E-state index is -0.152. The van der Waals surface area contributed by atoms with Crippen molar-refractivity contribution in [2.45, 2.75) is 38.5 Å². The normalized spacial score (nSPS) is 14.8. The summed E-state index contributed by atoms with van der Waals surface area (Å²) in [4.78, 5) is 0. The zero-order valence-corrected chi connectivity index (χ0v) is 30.0. The molecule has 0 fully saturated rings. The molecule has 9 aromatic rings. The van der Waals surface area contributed by atoms with E-state index in [9.17, 15) is 0 Å². The first kappa shape index (κ1) is 29.7. The van der Waals surface area contributed by atoms with Crippen LogP contribution in [0.1, 0.15) is 49.9 Å². The number of rotatable bonds is 3. The summed E-state index contributed by atoms with van der Waals surface area (Å²) in [6.45, 7) is 9.70. The van der Waals surface area contributed by atoms with Crippen LogP contribution in [0.2, 0.25) is 0 Å². The van der Waals surface area contributed by atoms with Crippen molar-refractivity contribution in [1.29, 1.82) is 0 Å². The Labute approximate surface area is 305 Å². The number of fused-ring (bicyclic) bond motifs is 7. The summed E-state index contributed by atoms with van der Waals surface area (Å²) in [6, 6.07) is 59.4. The predicted molar refractivity (Wildman–Crippen MR) is 222 cm³/mol. The molecular weight excluding hydrogens is 625 g/mol. The van der Waals surface area contributed by atoms with Gasteiger partial charge in [0.25, 0.3) is 0 Å². The lowest BCUT2D eigenvalue weighted by molar-refractivity contribution is 0.652. The molecule has 0 amide bonds. The molecule has 0 N–H and O–H groups in total. The molecule has 246 valence electrons. The fourth-order valence-corrected chi connectivity index (χ4v) is 10.1. The summed E-state index contributed by atoms with van der Waals surface area (Å²) < 4.78 is 0. The molecule has 0 radical (unpaired) electrons. The van der Waals surface area contributed by atoms with Crippen LogP contribution in [-0.4, -0.2) is 0 Å². The molecule has 0 saturated carbocycles. The minimum absolute atomic E-state index is 0.105. The monoisotopic (exact) mass is 662 g/mol. The van der Waals surface area contributed by atoms with Crippen molar-refractivity contribution in [3.8, 4) is 55.6 Å². The molecule has 52 heavy (non-hydrogen) atoms. The van der Waals surface area contributed by atoms with Crippen molar-refractivity contribution in [2.75, 3.05) is 0 Å². The Kier molecular flexibility index (Phi) is 5.89. The summed E-state index contributed by atoms with van der Waals surface area (Å²) in [7, 11) is 0. The van der Waals surface area contributed by atoms with E-state index in [-0.39, 0.29) is 10.8 Å². The molecule has 2 aliphatic rings. The van der Waals surface area contributed by atoms with Crippen molar-refractivity contribution < 1.29 is 0 Å². The molecule has 2 aliphatic carbocycles. The third kappa shape index (κ3) is 3.82. The minimum Gasteiger partial charge on any atom is -0.0622 e. The summed E-state index contributed by atoms with van der Waals surface area (Å²) in [5.74, 6) is 0. The quantitative estimate of drug-likeness (QED) is 0.165. The van der Waals surface area contributed by atoms with E-state index in [0.29, 0.717) is 0 Å². The Balaban J connectivity index is 1.18. The average molecular weight is 663 g/mol. The van der Waals surface area contributed by atoms with Crippen LogP contribution in [0.25, 0.3) is 88.0 Å². The van der Waals surface area contributed by atoms with E-state index in [1.54, 1.807) is 0 Å². The van der Waals surface area contributed by atoms with Gasteiger partial charge in [-0.05, 0) is 116 Å². The molecule has 0 heteroatoms. The lowest BCUT2D eigenvalue weighted by atomic mass is 9.74. The van der Waals surface area contributed by atoms with Crippen LogP contribution in [0.5, 0.6) is 0 Å². The molecular formula is C52H38. The van der Waals surface area contributed by atoms with E-state index < -0.39 is 0 Å². The molecule has 0 aromatic heterocycles. The number of benzene rings is 9. The van der Waals surface area contributed by atoms with E-state index in [1.807, 2.05) is 0 Å². The molecule has 0 aliphatic heterocycles. The van der Waals surface area contributed by atoms with Crippen LogP contribution in [0.15, 0.2) is 158 Å². The van der Waals surface area contributed by atoms with Crippen molar-refractivity contribution >= 4 is 32.3 Å². The predicted octanol–water partition coefficient (Wildman–Crippen LogP) is 14.2. The Morgan fingerprint density at radius 1 is 0.327 bits per heavy atom. The highest BCUT2D eigenvalue weighted by atomic mass is 14.5. The first-order valence-corrected chi connectivity index (χ1v) is 18.6. The molecule has 0 bridgehead atoms. The van der Waals surface area contributed by atoms with Gasteiger partial charge < -0.3 is 0 Å². The highest BCUT2D eigenvalue weighted by Crippen LogP contribution is 2.62. The zero-order valence-electron chi connectivity index (χ0n) is 30.0. The van der Waals surface area contributed by atoms with Crippen LogP contribution in [0.4, 0.5) is 0 Å². The highest BCUT2D eigenvalue weighted by Gasteiger charge is 2.45. The maximum absolute atomic E-state index is 2.58. The summed E-state index contributed by atoms with van der Waals surface area (Å²) in [6.07, 6.45) is 0. The summed E-state index contributed by atoms with van der Waals surface area (Å²) in [5, 5.41) is 7.94. The second-order valence-corrected chi connectivity index (χ2v) is 16.0. The molecule has 0 atom stereocenters. The average Bonchev–Trinajstić information content (AvgIpc) is 3.57. The van der Waals surface area contributed by atoms with Crippen LogP contribution >= 0.6 is 0 Å². The van der Waals surface area contributed by atoms with Gasteiger partial charge in [0.1, 0.15) is 0 Å². The molecule has 9 aromatic carbocycles. The summed E-state index contributed by atoms with van der Waals surface area (Å²) in [5.41, 5.74) is 18.8. The first-order chi connectivity index (χ1) is 25.3. The largest absolute Gasteiger partial charge is 0.0622 e. The smallest absolute Gasteiger partial charge is 0.0165 e. The fourth-order valence-electron chi connectivity index (χ4n) is 10.1. The number of hydrogen-bond donors (Lipinski definition) is 0. The van der Waals surface area contributed by atoms with Gasteiger partial charge in [-0.25, -0.2) is 0 Å². The van der Waals surface area contributed by atoms with E-state index in [2.05, 4.69) is 185 Å². The Morgan fingerprint density at radius 3 is 1.50 bits per heavy atom. The maximum Gasteiger partial charge on any atom is 0.0165 e. The van der Waals surface area contributed by atoms with Gasteiger partial charge in [0, 0.05) is 10.8 Å². The van der Waals surface area contributed by atoms with E-state index >= 15 is 0 Å². The van der Waals surface area contributed by atoms with Crippen molar-refractivity contribution in [1.82, 2.24) is 0 Å². The number of hydrogen-bond acceptors (Lipinski definition) is 0. The molecule has 0 nitrogen and oxygen atoms in total. The second kappa shape index (κ2) is 10.3. The third-order valence-electron chi connectivity index (χ3n) is 12.6. The van der Waals surface area contributed by atoms with Crippen LogP contribution in [0.3, 0.4) is 0 Å². The first-order valence-electron chi connectivity index (χ1n) is 18.6. The zero-order chi connectivity index (χ0) is 34.9. The molecule has 0 unspecified atom stereocenters. The van der Waals surface area contributed by atoms with Gasteiger partial charge >= 0.3 is 0 Å². The second-order valence-electron chi connectivity index (χ2n) is 16.0. The van der Waals surface area contributed by atoms with E-state index in [1.165, 1.54) is 110 Å². The molecule has 11 rings (SSSR count). The Morgan fingerprint density at radius 2 is 0.827 bits per heavy atom. The van der Waals surface area contributed by atoms with Gasteiger partial charge in [-0.15, -0.1) is 0 Å². The van der Waals surface area contributed by atoms with Gasteiger partial charge in [0.2, 0.25) is 0 Å². The van der Waals surface area contributed by atoms with Crippen LogP contribution < -0.4 is 0 Å². The standard InChI is InChI=1S/C52H38/c1-51(2)43-16-10-8-14-40(43)48-45(51)30-42(50-49(48)41-15-9-11-17-44(41)52(50,3)4)37-27-23-35-24-28-38-36(26-22-34-25-29-39(37)47(35)46(34)38)33-20-18-32(19-21-33)31-12-6-5-7-13-31/h5-30H,1-4H3. The van der Waals surface area contributed by atoms with E-state index in [0.717, 1.165) is 0 Å². The van der Waals surface area contributed by atoms with Crippen molar-refractivity contribution in [2.24, 2.45) is 0 Å². The van der Waals surface area contributed by atoms with Crippen molar-refractivity contribution in [3.63, 3.8) is 0 Å². The molecule has 0 heterocycles. The van der Waals surface area contributed by atoms with Crippen LogP contribution in [-0.2, 0) is 10.8 Å². The van der Waals surface area contributed by atoms with Gasteiger partial charge in [-0.1, -0.05) is 179 Å². The lowest BCUT2D eigenvalue weighted by Crippen LogP contribution is -2.18. The van der Waals surface area contributed by atoms with Gasteiger partial charge in [0.05, 0.1) is 0 Å². The SMILES string of the molecule is CC1(C)c2ccccc2-c2c1cc(-c1ccc3ccc4c(-c5ccc(-c6ccccc6)cc5)ccc5ccc1c3c54)c1c2-c2ccccc2C1(C)C. The summed E-state index contributed by atoms with van der Waals surface area (Å²) >= 11 is 0. The molecule has 0 spiro atoms. The van der Waals surface area contributed by atoms with Crippen LogP contribution in [0, 0.1) is 0 Å². The van der Waals surface area contributed by atoms with E-state index in [4.69, 9.17) is 0 Å². The third-order valence-corrected chi connectivity index (χ3v) is 12.6.